The third-order valence-electron chi connectivity index (χ3n) is 0.691. The first-order valence-electron chi connectivity index (χ1n) is 2.41. The molecule has 0 aliphatic rings. The van der Waals surface area contributed by atoms with Crippen LogP contribution in [0.15, 0.2) is 34.3 Å². The van der Waals surface area contributed by atoms with Crippen LogP contribution in [0.5, 0.6) is 0 Å². The number of allylic oxidation sites excluding steroid dienone is 4. The van der Waals surface area contributed by atoms with Crippen LogP contribution in [0.2, 0.25) is 0 Å². The monoisotopic (exact) mass is 206 g/mol. The molecule has 0 spiro atoms. The molecule has 0 saturated carbocycles. The van der Waals surface area contributed by atoms with Gasteiger partial charge in [-0.15, -0.1) is 0 Å². The zero-order valence-corrected chi connectivity index (χ0v) is 7.59. The fraction of sp³-hybridized carbons (Fsp3) is 0.143. The van der Waals surface area contributed by atoms with Crippen molar-refractivity contribution in [3.05, 3.63) is 34.3 Å². The van der Waals surface area contributed by atoms with Gasteiger partial charge in [-0.25, -0.2) is 0 Å². The average Bonchev–Trinajstić information content (AvgIpc) is 1.63. The van der Waals surface area contributed by atoms with Crippen molar-refractivity contribution in [3.63, 3.8) is 0 Å². The molecule has 0 fully saturated rings. The van der Waals surface area contributed by atoms with E-state index in [1.165, 1.54) is 0 Å². The summed E-state index contributed by atoms with van der Waals surface area (Å²) in [6.45, 7) is 9.08. The number of hydrogen-bond donors (Lipinski definition) is 0. The van der Waals surface area contributed by atoms with E-state index in [0.717, 1.165) is 10.1 Å². The standard InChI is InChI=1S/C7H8BrCl/c1-5(2)7(9)4-6(3)8/h4H,1,3H2,2H3/b7-4+. The number of hydrogen-bond acceptors (Lipinski definition) is 0. The van der Waals surface area contributed by atoms with Crippen LogP contribution in [0, 0.1) is 0 Å². The molecule has 9 heavy (non-hydrogen) atoms. The van der Waals surface area contributed by atoms with E-state index in [1.54, 1.807) is 6.08 Å². The minimum absolute atomic E-state index is 0.636. The van der Waals surface area contributed by atoms with Crippen LogP contribution >= 0.6 is 27.5 Å². The maximum atomic E-state index is 5.68. The number of halogens is 2. The van der Waals surface area contributed by atoms with Gasteiger partial charge in [0.2, 0.25) is 0 Å². The van der Waals surface area contributed by atoms with Gasteiger partial charge in [-0.05, 0) is 18.6 Å². The van der Waals surface area contributed by atoms with Gasteiger partial charge in [-0.1, -0.05) is 40.7 Å². The molecule has 0 aliphatic heterocycles. The van der Waals surface area contributed by atoms with Gasteiger partial charge in [0.15, 0.2) is 0 Å². The van der Waals surface area contributed by atoms with Gasteiger partial charge in [0.1, 0.15) is 0 Å². The van der Waals surface area contributed by atoms with Crippen molar-refractivity contribution in [2.75, 3.05) is 0 Å². The quantitative estimate of drug-likeness (QED) is 0.607. The molecule has 0 heterocycles. The average molecular weight is 207 g/mol. The van der Waals surface area contributed by atoms with E-state index in [1.807, 2.05) is 6.92 Å². The topological polar surface area (TPSA) is 0 Å². The Balaban J connectivity index is 4.17. The first-order chi connectivity index (χ1) is 4.04. The third kappa shape index (κ3) is 4.49. The van der Waals surface area contributed by atoms with Gasteiger partial charge >= 0.3 is 0 Å². The molecule has 0 saturated heterocycles. The largest absolute Gasteiger partial charge is 0.0946 e. The minimum atomic E-state index is 0.636. The highest BCUT2D eigenvalue weighted by atomic mass is 79.9. The SMILES string of the molecule is C=C(Br)/C=C(/Cl)C(=C)C. The van der Waals surface area contributed by atoms with Gasteiger partial charge < -0.3 is 0 Å². The molecule has 0 rings (SSSR count). The summed E-state index contributed by atoms with van der Waals surface area (Å²) in [4.78, 5) is 0. The summed E-state index contributed by atoms with van der Waals surface area (Å²) >= 11 is 8.83. The highest BCUT2D eigenvalue weighted by Crippen LogP contribution is 2.16. The molecule has 0 aromatic carbocycles. The van der Waals surface area contributed by atoms with E-state index < -0.39 is 0 Å². The molecule has 0 aliphatic carbocycles. The molecule has 0 N–H and O–H groups in total. The summed E-state index contributed by atoms with van der Waals surface area (Å²) < 4.78 is 0.760. The van der Waals surface area contributed by atoms with Crippen molar-refractivity contribution in [1.29, 1.82) is 0 Å². The van der Waals surface area contributed by atoms with Crippen molar-refractivity contribution >= 4 is 27.5 Å². The predicted molar refractivity (Wildman–Crippen MR) is 46.8 cm³/mol. The van der Waals surface area contributed by atoms with E-state index in [2.05, 4.69) is 29.1 Å². The zero-order chi connectivity index (χ0) is 7.44. The molecule has 50 valence electrons. The lowest BCUT2D eigenvalue weighted by molar-refractivity contribution is 1.52. The van der Waals surface area contributed by atoms with Gasteiger partial charge in [-0.3, -0.25) is 0 Å². The highest BCUT2D eigenvalue weighted by molar-refractivity contribution is 9.11. The Labute approximate surface area is 69.0 Å². The summed E-state index contributed by atoms with van der Waals surface area (Å²) in [5, 5.41) is 0.636. The lowest BCUT2D eigenvalue weighted by Crippen LogP contribution is -1.70. The predicted octanol–water partition coefficient (Wildman–Crippen LogP) is 3.59. The summed E-state index contributed by atoms with van der Waals surface area (Å²) in [6.07, 6.45) is 1.71. The Kier molecular flexibility index (Phi) is 3.91. The van der Waals surface area contributed by atoms with Gasteiger partial charge in [0.05, 0.1) is 0 Å². The molecule has 0 bridgehead atoms. The molecule has 0 nitrogen and oxygen atoms in total. The van der Waals surface area contributed by atoms with E-state index in [-0.39, 0.29) is 0 Å². The Morgan fingerprint density at radius 3 is 2.11 bits per heavy atom. The molecular weight excluding hydrogens is 199 g/mol. The molecule has 0 amide bonds. The second-order valence-electron chi connectivity index (χ2n) is 1.72. The Hall–Kier alpha value is -0.0100. The van der Waals surface area contributed by atoms with E-state index >= 15 is 0 Å². The second kappa shape index (κ2) is 3.91. The summed E-state index contributed by atoms with van der Waals surface area (Å²) in [5.74, 6) is 0. The van der Waals surface area contributed by atoms with E-state index in [9.17, 15) is 0 Å². The molecule has 0 atom stereocenters. The van der Waals surface area contributed by atoms with E-state index in [4.69, 9.17) is 11.6 Å². The lowest BCUT2D eigenvalue weighted by atomic mass is 10.3. The summed E-state index contributed by atoms with van der Waals surface area (Å²) in [5.41, 5.74) is 0.845. The second-order valence-corrected chi connectivity index (χ2v) is 3.15. The first kappa shape index (κ1) is 8.99. The number of rotatable bonds is 2. The summed E-state index contributed by atoms with van der Waals surface area (Å²) in [7, 11) is 0. The third-order valence-corrected chi connectivity index (χ3v) is 1.35. The summed E-state index contributed by atoms with van der Waals surface area (Å²) in [6, 6.07) is 0. The van der Waals surface area contributed by atoms with Crippen LogP contribution in [0.3, 0.4) is 0 Å². The van der Waals surface area contributed by atoms with Crippen molar-refractivity contribution in [2.24, 2.45) is 0 Å². The van der Waals surface area contributed by atoms with Gasteiger partial charge in [-0.2, -0.15) is 0 Å². The van der Waals surface area contributed by atoms with Crippen LogP contribution in [0.25, 0.3) is 0 Å². The molecule has 0 unspecified atom stereocenters. The minimum Gasteiger partial charge on any atom is -0.0946 e. The smallest absolute Gasteiger partial charge is 0.0440 e. The maximum absolute atomic E-state index is 5.68. The highest BCUT2D eigenvalue weighted by Gasteiger charge is 1.90. The van der Waals surface area contributed by atoms with Crippen molar-refractivity contribution in [2.45, 2.75) is 6.92 Å². The molecule has 0 radical (unpaired) electrons. The Morgan fingerprint density at radius 2 is 2.00 bits per heavy atom. The van der Waals surface area contributed by atoms with Crippen LogP contribution in [0.4, 0.5) is 0 Å². The first-order valence-corrected chi connectivity index (χ1v) is 3.58. The van der Waals surface area contributed by atoms with Crippen molar-refractivity contribution in [3.8, 4) is 0 Å². The Morgan fingerprint density at radius 1 is 1.56 bits per heavy atom. The zero-order valence-electron chi connectivity index (χ0n) is 5.25. The maximum Gasteiger partial charge on any atom is 0.0440 e. The lowest BCUT2D eigenvalue weighted by Gasteiger charge is -1.92. The fourth-order valence-corrected chi connectivity index (χ4v) is 0.753. The molecule has 0 aromatic rings. The van der Waals surface area contributed by atoms with Crippen LogP contribution < -0.4 is 0 Å². The normalized spacial score (nSPS) is 11.2. The Bertz CT molecular complexity index is 168. The van der Waals surface area contributed by atoms with Crippen molar-refractivity contribution < 1.29 is 0 Å². The van der Waals surface area contributed by atoms with Gasteiger partial charge in [0, 0.05) is 9.51 Å². The fourth-order valence-electron chi connectivity index (χ4n) is 0.261. The van der Waals surface area contributed by atoms with Crippen LogP contribution in [-0.4, -0.2) is 0 Å². The van der Waals surface area contributed by atoms with Gasteiger partial charge in [0.25, 0.3) is 0 Å². The van der Waals surface area contributed by atoms with Crippen LogP contribution in [0.1, 0.15) is 6.92 Å². The van der Waals surface area contributed by atoms with Crippen LogP contribution in [-0.2, 0) is 0 Å². The molecular formula is C7H8BrCl. The molecule has 2 heteroatoms. The van der Waals surface area contributed by atoms with E-state index in [0.29, 0.717) is 5.03 Å². The van der Waals surface area contributed by atoms with Crippen molar-refractivity contribution in [1.82, 2.24) is 0 Å². The molecule has 0 aromatic heterocycles.